The number of rotatable bonds is 8. The van der Waals surface area contributed by atoms with E-state index in [1.165, 1.54) is 38.5 Å². The van der Waals surface area contributed by atoms with Gasteiger partial charge in [-0.25, -0.2) is 4.79 Å². The van der Waals surface area contributed by atoms with E-state index >= 15 is 0 Å². The Morgan fingerprint density at radius 3 is 2.24 bits per heavy atom. The van der Waals surface area contributed by atoms with Gasteiger partial charge in [-0.2, -0.15) is 0 Å². The summed E-state index contributed by atoms with van der Waals surface area (Å²) >= 11 is 0. The van der Waals surface area contributed by atoms with Crippen LogP contribution in [0.4, 0.5) is 0 Å². The topological polar surface area (TPSA) is 122 Å². The van der Waals surface area contributed by atoms with E-state index in [4.69, 9.17) is 10.5 Å². The number of likely N-dealkylation sites (tertiary alicyclic amines) is 1. The van der Waals surface area contributed by atoms with Gasteiger partial charge in [0.2, 0.25) is 5.91 Å². The third kappa shape index (κ3) is 8.22. The number of esters is 1. The summed E-state index contributed by atoms with van der Waals surface area (Å²) < 4.78 is 5.09. The second-order valence-corrected chi connectivity index (χ2v) is 10.2. The standard InChI is InChI=1S/C19H32N2O5.C7H15N/c1-4-8-14(19(25)26-5-2)20-12(3)17(22)21-15-10-7-6-9-13(15)11-16(21)18(23)24;8-7-5-3-1-2-4-6-7/h12-16,20H,4-11H2,1-3H3,(H,23,24);7H,1-6,8H2/t12-,13-,14-,15-,16-;/m0./s1. The van der Waals surface area contributed by atoms with Crippen molar-refractivity contribution in [2.24, 2.45) is 11.7 Å². The van der Waals surface area contributed by atoms with E-state index in [0.29, 0.717) is 25.5 Å². The summed E-state index contributed by atoms with van der Waals surface area (Å²) in [5.41, 5.74) is 5.73. The zero-order valence-corrected chi connectivity index (χ0v) is 21.5. The van der Waals surface area contributed by atoms with E-state index < -0.39 is 24.1 Å². The Morgan fingerprint density at radius 2 is 1.65 bits per heavy atom. The molecule has 0 spiro atoms. The number of hydrogen-bond donors (Lipinski definition) is 3. The summed E-state index contributed by atoms with van der Waals surface area (Å²) in [6.45, 7) is 5.72. The number of aliphatic carboxylic acids is 1. The lowest BCUT2D eigenvalue weighted by Gasteiger charge is -2.35. The van der Waals surface area contributed by atoms with Crippen LogP contribution in [-0.4, -0.2) is 64.7 Å². The average molecular weight is 482 g/mol. The molecule has 3 rings (SSSR count). The first-order valence-corrected chi connectivity index (χ1v) is 13.5. The van der Waals surface area contributed by atoms with Gasteiger partial charge in [0.15, 0.2) is 0 Å². The molecule has 8 heteroatoms. The van der Waals surface area contributed by atoms with E-state index in [-0.39, 0.29) is 23.8 Å². The number of hydrogen-bond acceptors (Lipinski definition) is 6. The molecule has 5 atom stereocenters. The van der Waals surface area contributed by atoms with E-state index in [1.807, 2.05) is 6.92 Å². The Kier molecular flexibility index (Phi) is 12.3. The molecule has 8 nitrogen and oxygen atoms in total. The molecule has 0 aromatic carbocycles. The molecule has 0 aromatic heterocycles. The summed E-state index contributed by atoms with van der Waals surface area (Å²) in [6, 6.07) is -1.40. The molecular weight excluding hydrogens is 434 g/mol. The van der Waals surface area contributed by atoms with Crippen molar-refractivity contribution >= 4 is 17.8 Å². The predicted molar refractivity (Wildman–Crippen MR) is 132 cm³/mol. The molecule has 1 heterocycles. The second-order valence-electron chi connectivity index (χ2n) is 10.2. The largest absolute Gasteiger partial charge is 0.480 e. The maximum atomic E-state index is 13.1. The molecule has 0 radical (unpaired) electrons. The van der Waals surface area contributed by atoms with Crippen LogP contribution >= 0.6 is 0 Å². The number of carbonyl (C=O) groups excluding carboxylic acids is 2. The molecule has 34 heavy (non-hydrogen) atoms. The van der Waals surface area contributed by atoms with Crippen LogP contribution in [0.1, 0.15) is 104 Å². The van der Waals surface area contributed by atoms with Gasteiger partial charge >= 0.3 is 11.9 Å². The Bertz CT molecular complexity index is 650. The van der Waals surface area contributed by atoms with Crippen LogP contribution in [0, 0.1) is 5.92 Å². The molecule has 3 fully saturated rings. The van der Waals surface area contributed by atoms with Crippen molar-refractivity contribution in [3.63, 3.8) is 0 Å². The number of amides is 1. The molecular formula is C26H47N3O5. The minimum atomic E-state index is -0.935. The first kappa shape index (κ1) is 28.6. The number of ether oxygens (including phenoxy) is 1. The maximum Gasteiger partial charge on any atom is 0.326 e. The van der Waals surface area contributed by atoms with Gasteiger partial charge in [0.25, 0.3) is 0 Å². The van der Waals surface area contributed by atoms with Gasteiger partial charge in [0.05, 0.1) is 12.6 Å². The van der Waals surface area contributed by atoms with Crippen LogP contribution in [0.5, 0.6) is 0 Å². The molecule has 0 unspecified atom stereocenters. The SMILES string of the molecule is CCC[C@H](N[C@@H](C)C(=O)N1[C@H](C(=O)O)C[C@@H]2CCCC[C@@H]21)C(=O)OCC.NC1CCCCCC1. The minimum Gasteiger partial charge on any atom is -0.480 e. The Hall–Kier alpha value is -1.67. The summed E-state index contributed by atoms with van der Waals surface area (Å²) in [7, 11) is 0. The molecule has 1 saturated heterocycles. The number of nitrogens with one attached hydrogen (secondary N) is 1. The third-order valence-corrected chi connectivity index (χ3v) is 7.50. The Morgan fingerprint density at radius 1 is 1.03 bits per heavy atom. The fourth-order valence-corrected chi connectivity index (χ4v) is 5.71. The minimum absolute atomic E-state index is 0.00817. The maximum absolute atomic E-state index is 13.1. The van der Waals surface area contributed by atoms with Gasteiger partial charge in [0.1, 0.15) is 12.1 Å². The van der Waals surface area contributed by atoms with Crippen molar-refractivity contribution in [1.82, 2.24) is 10.2 Å². The fourth-order valence-electron chi connectivity index (χ4n) is 5.71. The Balaban J connectivity index is 0.000000430. The van der Waals surface area contributed by atoms with Gasteiger partial charge in [-0.3, -0.25) is 14.9 Å². The second kappa shape index (κ2) is 14.7. The highest BCUT2D eigenvalue weighted by molar-refractivity contribution is 5.88. The summed E-state index contributed by atoms with van der Waals surface area (Å²) in [5.74, 6) is -1.24. The summed E-state index contributed by atoms with van der Waals surface area (Å²) in [4.78, 5) is 38.5. The van der Waals surface area contributed by atoms with Crippen molar-refractivity contribution < 1.29 is 24.2 Å². The van der Waals surface area contributed by atoms with Crippen molar-refractivity contribution in [2.75, 3.05) is 6.61 Å². The number of nitrogens with two attached hydrogens (primary N) is 1. The first-order chi connectivity index (χ1) is 16.3. The third-order valence-electron chi connectivity index (χ3n) is 7.50. The number of fused-ring (bicyclic) bond motifs is 1. The highest BCUT2D eigenvalue weighted by atomic mass is 16.5. The predicted octanol–water partition coefficient (Wildman–Crippen LogP) is 3.61. The van der Waals surface area contributed by atoms with Crippen LogP contribution in [0.25, 0.3) is 0 Å². The quantitative estimate of drug-likeness (QED) is 0.357. The molecule has 2 aliphatic carbocycles. The van der Waals surface area contributed by atoms with E-state index in [0.717, 1.165) is 32.1 Å². The van der Waals surface area contributed by atoms with Crippen molar-refractivity contribution in [3.8, 4) is 0 Å². The van der Waals surface area contributed by atoms with Crippen molar-refractivity contribution in [2.45, 2.75) is 134 Å². The molecule has 1 aliphatic heterocycles. The first-order valence-electron chi connectivity index (χ1n) is 13.5. The normalized spacial score (nSPS) is 26.9. The molecule has 4 N–H and O–H groups in total. The summed E-state index contributed by atoms with van der Waals surface area (Å²) in [5, 5.41) is 12.7. The number of carbonyl (C=O) groups is 3. The van der Waals surface area contributed by atoms with Gasteiger partial charge < -0.3 is 20.5 Å². The van der Waals surface area contributed by atoms with Gasteiger partial charge in [-0.1, -0.05) is 51.9 Å². The molecule has 3 aliphatic rings. The van der Waals surface area contributed by atoms with Crippen LogP contribution in [0.2, 0.25) is 0 Å². The molecule has 2 saturated carbocycles. The lowest BCUT2D eigenvalue weighted by atomic mass is 9.84. The van der Waals surface area contributed by atoms with E-state index in [9.17, 15) is 19.5 Å². The summed E-state index contributed by atoms with van der Waals surface area (Å²) in [6.07, 6.45) is 13.9. The highest BCUT2D eigenvalue weighted by Gasteiger charge is 2.48. The zero-order chi connectivity index (χ0) is 25.1. The lowest BCUT2D eigenvalue weighted by molar-refractivity contribution is -0.152. The Labute approximate surface area is 205 Å². The molecule has 196 valence electrons. The zero-order valence-electron chi connectivity index (χ0n) is 21.5. The smallest absolute Gasteiger partial charge is 0.326 e. The van der Waals surface area contributed by atoms with Crippen LogP contribution < -0.4 is 11.1 Å². The monoisotopic (exact) mass is 481 g/mol. The van der Waals surface area contributed by atoms with E-state index in [1.54, 1.807) is 18.7 Å². The fraction of sp³-hybridized carbons (Fsp3) is 0.885. The number of carboxylic acids is 1. The highest BCUT2D eigenvalue weighted by Crippen LogP contribution is 2.40. The number of nitrogens with zero attached hydrogens (tertiary/aromatic N) is 1. The lowest BCUT2D eigenvalue weighted by Crippen LogP contribution is -2.55. The molecule has 1 amide bonds. The van der Waals surface area contributed by atoms with Gasteiger partial charge in [0, 0.05) is 12.1 Å². The molecule has 0 aromatic rings. The molecule has 0 bridgehead atoms. The number of carboxylic acid groups (broad SMARTS) is 1. The van der Waals surface area contributed by atoms with Crippen LogP contribution in [0.3, 0.4) is 0 Å². The van der Waals surface area contributed by atoms with E-state index in [2.05, 4.69) is 5.32 Å². The van der Waals surface area contributed by atoms with Gasteiger partial charge in [-0.15, -0.1) is 0 Å². The van der Waals surface area contributed by atoms with Crippen LogP contribution in [-0.2, 0) is 19.1 Å². The van der Waals surface area contributed by atoms with Crippen LogP contribution in [0.15, 0.2) is 0 Å². The average Bonchev–Trinajstić information content (AvgIpc) is 3.04. The van der Waals surface area contributed by atoms with Crippen molar-refractivity contribution in [1.29, 1.82) is 0 Å². The van der Waals surface area contributed by atoms with Crippen molar-refractivity contribution in [3.05, 3.63) is 0 Å². The van der Waals surface area contributed by atoms with Gasteiger partial charge in [-0.05, 0) is 58.3 Å².